The lowest BCUT2D eigenvalue weighted by atomic mass is 10.1. The summed E-state index contributed by atoms with van der Waals surface area (Å²) in [6.07, 6.45) is 7.26. The van der Waals surface area contributed by atoms with Gasteiger partial charge >= 0.3 is 0 Å². The van der Waals surface area contributed by atoms with Gasteiger partial charge in [-0.1, -0.05) is 6.08 Å². The molecule has 1 rings (SSSR count). The normalized spacial score (nSPS) is 12.4. The lowest BCUT2D eigenvalue weighted by molar-refractivity contribution is 0.164. The van der Waals surface area contributed by atoms with E-state index in [2.05, 4.69) is 16.8 Å². The Morgan fingerprint density at radius 1 is 1.54 bits per heavy atom. The lowest BCUT2D eigenvalue weighted by Crippen LogP contribution is -1.98. The molecule has 3 nitrogen and oxygen atoms in total. The number of unbranched alkanes of at least 4 members (excludes halogenated alkanes) is 1. The van der Waals surface area contributed by atoms with Gasteiger partial charge in [-0.05, 0) is 25.3 Å². The summed E-state index contributed by atoms with van der Waals surface area (Å²) in [6, 6.07) is 1.78. The van der Waals surface area contributed by atoms with Crippen molar-refractivity contribution in [1.82, 2.24) is 10.2 Å². The van der Waals surface area contributed by atoms with E-state index in [1.165, 1.54) is 0 Å². The number of aromatic nitrogens is 2. The number of rotatable bonds is 5. The van der Waals surface area contributed by atoms with Gasteiger partial charge in [-0.25, -0.2) is 0 Å². The van der Waals surface area contributed by atoms with Gasteiger partial charge in [-0.15, -0.1) is 6.58 Å². The molecule has 1 aromatic heterocycles. The molecule has 0 radical (unpaired) electrons. The number of hydrogen-bond donors (Lipinski definition) is 1. The van der Waals surface area contributed by atoms with Gasteiger partial charge in [0.15, 0.2) is 0 Å². The smallest absolute Gasteiger partial charge is 0.0806 e. The Labute approximate surface area is 78.1 Å². The first-order chi connectivity index (χ1) is 6.34. The second-order valence-corrected chi connectivity index (χ2v) is 2.91. The van der Waals surface area contributed by atoms with E-state index in [-0.39, 0.29) is 0 Å². The van der Waals surface area contributed by atoms with E-state index >= 15 is 0 Å². The van der Waals surface area contributed by atoms with Crippen molar-refractivity contribution in [3.8, 4) is 0 Å². The minimum absolute atomic E-state index is 0.421. The summed E-state index contributed by atoms with van der Waals surface area (Å²) in [5, 5.41) is 17.0. The number of hydrogen-bond acceptors (Lipinski definition) is 3. The molecule has 0 spiro atoms. The Morgan fingerprint density at radius 2 is 2.38 bits per heavy atom. The van der Waals surface area contributed by atoms with E-state index in [0.717, 1.165) is 24.8 Å². The highest BCUT2D eigenvalue weighted by Crippen LogP contribution is 2.17. The van der Waals surface area contributed by atoms with E-state index < -0.39 is 6.10 Å². The van der Waals surface area contributed by atoms with Crippen LogP contribution < -0.4 is 0 Å². The summed E-state index contributed by atoms with van der Waals surface area (Å²) >= 11 is 0. The van der Waals surface area contributed by atoms with E-state index in [4.69, 9.17) is 0 Å². The molecule has 1 aromatic rings. The molecule has 1 heterocycles. The monoisotopic (exact) mass is 178 g/mol. The molecule has 13 heavy (non-hydrogen) atoms. The minimum Gasteiger partial charge on any atom is -0.388 e. The molecule has 0 aliphatic carbocycles. The minimum atomic E-state index is -0.421. The Balaban J connectivity index is 2.39. The van der Waals surface area contributed by atoms with Crippen molar-refractivity contribution in [2.75, 3.05) is 0 Å². The first-order valence-corrected chi connectivity index (χ1v) is 4.40. The van der Waals surface area contributed by atoms with E-state index in [1.807, 2.05) is 6.08 Å². The fourth-order valence-corrected chi connectivity index (χ4v) is 1.12. The van der Waals surface area contributed by atoms with Crippen molar-refractivity contribution in [3.63, 3.8) is 0 Å². The third-order valence-electron chi connectivity index (χ3n) is 1.88. The Morgan fingerprint density at radius 3 is 3.00 bits per heavy atom. The molecule has 0 aliphatic rings. The summed E-state index contributed by atoms with van der Waals surface area (Å²) in [4.78, 5) is 0. The zero-order valence-electron chi connectivity index (χ0n) is 7.56. The fourth-order valence-electron chi connectivity index (χ4n) is 1.12. The van der Waals surface area contributed by atoms with Crippen molar-refractivity contribution in [1.29, 1.82) is 0 Å². The van der Waals surface area contributed by atoms with Crippen molar-refractivity contribution in [3.05, 3.63) is 36.7 Å². The van der Waals surface area contributed by atoms with Crippen LogP contribution >= 0.6 is 0 Å². The topological polar surface area (TPSA) is 46.0 Å². The molecule has 0 aromatic carbocycles. The maximum Gasteiger partial charge on any atom is 0.0806 e. The Bertz CT molecular complexity index is 248. The number of allylic oxidation sites excluding steroid dienone is 1. The summed E-state index contributed by atoms with van der Waals surface area (Å²) in [5.74, 6) is 0. The molecule has 0 fully saturated rings. The summed E-state index contributed by atoms with van der Waals surface area (Å²) in [6.45, 7) is 3.63. The summed E-state index contributed by atoms with van der Waals surface area (Å²) in [5.41, 5.74) is 0.832. The van der Waals surface area contributed by atoms with Gasteiger partial charge in [-0.3, -0.25) is 0 Å². The number of aliphatic hydroxyl groups excluding tert-OH is 1. The van der Waals surface area contributed by atoms with Gasteiger partial charge in [-0.2, -0.15) is 10.2 Å². The maximum absolute atomic E-state index is 9.65. The van der Waals surface area contributed by atoms with Crippen LogP contribution in [0.5, 0.6) is 0 Å². The number of aliphatic hydroxyl groups is 1. The number of nitrogens with zero attached hydrogens (tertiary/aromatic N) is 2. The molecule has 1 atom stereocenters. The van der Waals surface area contributed by atoms with Gasteiger partial charge in [0.2, 0.25) is 0 Å². The molecular weight excluding hydrogens is 164 g/mol. The highest BCUT2D eigenvalue weighted by Gasteiger charge is 2.05. The summed E-state index contributed by atoms with van der Waals surface area (Å²) in [7, 11) is 0. The first-order valence-electron chi connectivity index (χ1n) is 4.40. The van der Waals surface area contributed by atoms with E-state index in [0.29, 0.717) is 0 Å². The van der Waals surface area contributed by atoms with Crippen LogP contribution in [0.2, 0.25) is 0 Å². The largest absolute Gasteiger partial charge is 0.388 e. The predicted molar refractivity (Wildman–Crippen MR) is 51.0 cm³/mol. The second-order valence-electron chi connectivity index (χ2n) is 2.91. The molecule has 0 bridgehead atoms. The highest BCUT2D eigenvalue weighted by atomic mass is 16.3. The first kappa shape index (κ1) is 9.86. The molecule has 0 saturated carbocycles. The Hall–Kier alpha value is -1.22. The third-order valence-corrected chi connectivity index (χ3v) is 1.88. The van der Waals surface area contributed by atoms with Crippen molar-refractivity contribution in [2.24, 2.45) is 0 Å². The zero-order chi connectivity index (χ0) is 9.52. The average Bonchev–Trinajstić information content (AvgIpc) is 2.19. The third kappa shape index (κ3) is 3.34. The molecule has 0 saturated heterocycles. The summed E-state index contributed by atoms with van der Waals surface area (Å²) < 4.78 is 0. The Kier molecular flexibility index (Phi) is 4.12. The van der Waals surface area contributed by atoms with Crippen LogP contribution in [0, 0.1) is 0 Å². The van der Waals surface area contributed by atoms with Gasteiger partial charge in [0.05, 0.1) is 12.3 Å². The van der Waals surface area contributed by atoms with E-state index in [1.54, 1.807) is 18.5 Å². The van der Waals surface area contributed by atoms with Crippen molar-refractivity contribution in [2.45, 2.75) is 25.4 Å². The fraction of sp³-hybridized carbons (Fsp3) is 0.400. The second kappa shape index (κ2) is 5.43. The SMILES string of the molecule is C=CCCCC(O)c1ccnnc1. The standard InChI is InChI=1S/C10H14N2O/c1-2-3-4-5-10(13)9-6-7-11-12-8-9/h2,6-8,10,13H,1,3-5H2. The van der Waals surface area contributed by atoms with Crippen LogP contribution in [0.15, 0.2) is 31.1 Å². The van der Waals surface area contributed by atoms with Crippen LogP contribution in [0.25, 0.3) is 0 Å². The molecular formula is C10H14N2O. The predicted octanol–water partition coefficient (Wildman–Crippen LogP) is 1.87. The molecule has 0 amide bonds. The van der Waals surface area contributed by atoms with Gasteiger partial charge in [0.25, 0.3) is 0 Å². The van der Waals surface area contributed by atoms with Crippen LogP contribution in [-0.4, -0.2) is 15.3 Å². The quantitative estimate of drug-likeness (QED) is 0.553. The van der Waals surface area contributed by atoms with Crippen LogP contribution in [0.3, 0.4) is 0 Å². The molecule has 70 valence electrons. The van der Waals surface area contributed by atoms with Gasteiger partial charge in [0.1, 0.15) is 0 Å². The molecule has 3 heteroatoms. The average molecular weight is 178 g/mol. The van der Waals surface area contributed by atoms with E-state index in [9.17, 15) is 5.11 Å². The zero-order valence-corrected chi connectivity index (χ0v) is 7.56. The van der Waals surface area contributed by atoms with Crippen LogP contribution in [0.1, 0.15) is 30.9 Å². The van der Waals surface area contributed by atoms with Crippen molar-refractivity contribution < 1.29 is 5.11 Å². The molecule has 0 aliphatic heterocycles. The maximum atomic E-state index is 9.65. The molecule has 1 unspecified atom stereocenters. The van der Waals surface area contributed by atoms with Gasteiger partial charge < -0.3 is 5.11 Å². The molecule has 1 N–H and O–H groups in total. The van der Waals surface area contributed by atoms with Crippen LogP contribution in [-0.2, 0) is 0 Å². The van der Waals surface area contributed by atoms with Gasteiger partial charge in [0, 0.05) is 11.8 Å². The van der Waals surface area contributed by atoms with Crippen molar-refractivity contribution >= 4 is 0 Å². The highest BCUT2D eigenvalue weighted by molar-refractivity contribution is 5.08. The lowest BCUT2D eigenvalue weighted by Gasteiger charge is -2.08. The van der Waals surface area contributed by atoms with Crippen LogP contribution in [0.4, 0.5) is 0 Å².